The summed E-state index contributed by atoms with van der Waals surface area (Å²) in [6, 6.07) is 6.27. The number of hydrogen-bond acceptors (Lipinski definition) is 1. The molecule has 2 nitrogen and oxygen atoms in total. The van der Waals surface area contributed by atoms with Gasteiger partial charge in [-0.15, -0.1) is 0 Å². The Labute approximate surface area is 98.8 Å². The van der Waals surface area contributed by atoms with Crippen LogP contribution < -0.4 is 4.72 Å². The normalized spacial score (nSPS) is 15.8. The first-order valence-electron chi connectivity index (χ1n) is 5.25. The van der Waals surface area contributed by atoms with Crippen LogP contribution in [0.5, 0.6) is 0 Å². The minimum absolute atomic E-state index is 0.263. The summed E-state index contributed by atoms with van der Waals surface area (Å²) in [7, 11) is -1.19. The molecule has 0 heterocycles. The monoisotopic (exact) mass is 243 g/mol. The van der Waals surface area contributed by atoms with E-state index in [-0.39, 0.29) is 16.6 Å². The summed E-state index contributed by atoms with van der Waals surface area (Å²) in [5.41, 5.74) is 0.542. The van der Waals surface area contributed by atoms with E-state index in [1.807, 2.05) is 27.7 Å². The highest BCUT2D eigenvalue weighted by Crippen LogP contribution is 2.19. The minimum atomic E-state index is -1.19. The van der Waals surface area contributed by atoms with Gasteiger partial charge in [0.05, 0.1) is 15.7 Å². The zero-order valence-corrected chi connectivity index (χ0v) is 10.9. The molecule has 4 heteroatoms. The van der Waals surface area contributed by atoms with Gasteiger partial charge in [-0.1, -0.05) is 18.2 Å². The van der Waals surface area contributed by atoms with Crippen molar-refractivity contribution < 1.29 is 8.60 Å². The molecule has 0 radical (unpaired) electrons. The lowest BCUT2D eigenvalue weighted by Crippen LogP contribution is -2.35. The molecular formula is C12H18FNOS. The molecule has 0 saturated carbocycles. The van der Waals surface area contributed by atoms with E-state index in [4.69, 9.17) is 0 Å². The number of hydrogen-bond donors (Lipinski definition) is 1. The van der Waals surface area contributed by atoms with Crippen molar-refractivity contribution >= 4 is 11.0 Å². The Balaban J connectivity index is 2.78. The molecule has 0 spiro atoms. The molecule has 1 rings (SSSR count). The first kappa shape index (κ1) is 13.3. The Morgan fingerprint density at radius 1 is 1.31 bits per heavy atom. The van der Waals surface area contributed by atoms with Gasteiger partial charge >= 0.3 is 0 Å². The maximum atomic E-state index is 13.4. The smallest absolute Gasteiger partial charge is 0.127 e. The van der Waals surface area contributed by atoms with Crippen LogP contribution in [-0.4, -0.2) is 8.96 Å². The topological polar surface area (TPSA) is 29.1 Å². The van der Waals surface area contributed by atoms with Crippen LogP contribution in [0, 0.1) is 5.82 Å². The van der Waals surface area contributed by atoms with E-state index in [0.717, 1.165) is 0 Å². The number of benzene rings is 1. The molecule has 0 bridgehead atoms. The van der Waals surface area contributed by atoms with E-state index >= 15 is 0 Å². The Morgan fingerprint density at radius 3 is 2.38 bits per heavy atom. The van der Waals surface area contributed by atoms with Crippen molar-refractivity contribution in [3.63, 3.8) is 0 Å². The van der Waals surface area contributed by atoms with Crippen molar-refractivity contribution in [2.24, 2.45) is 0 Å². The summed E-state index contributed by atoms with van der Waals surface area (Å²) in [6.45, 7) is 7.45. The Hall–Kier alpha value is -0.740. The maximum Gasteiger partial charge on any atom is 0.127 e. The van der Waals surface area contributed by atoms with Gasteiger partial charge in [-0.3, -0.25) is 0 Å². The largest absolute Gasteiger partial charge is 0.242 e. The summed E-state index contributed by atoms with van der Waals surface area (Å²) in [5, 5.41) is 0. The summed E-state index contributed by atoms with van der Waals surface area (Å²) in [4.78, 5) is 0. The van der Waals surface area contributed by atoms with E-state index < -0.39 is 11.0 Å². The van der Waals surface area contributed by atoms with E-state index in [2.05, 4.69) is 4.72 Å². The molecule has 90 valence electrons. The third-order valence-corrected chi connectivity index (χ3v) is 3.89. The van der Waals surface area contributed by atoms with Crippen molar-refractivity contribution in [2.75, 3.05) is 0 Å². The average Bonchev–Trinajstić information content (AvgIpc) is 2.16. The van der Waals surface area contributed by atoms with Crippen LogP contribution in [0.4, 0.5) is 4.39 Å². The quantitative estimate of drug-likeness (QED) is 0.869. The summed E-state index contributed by atoms with van der Waals surface area (Å²) in [5.74, 6) is -0.270. The zero-order chi connectivity index (χ0) is 12.3. The Morgan fingerprint density at radius 2 is 1.88 bits per heavy atom. The van der Waals surface area contributed by atoms with E-state index in [9.17, 15) is 8.60 Å². The molecule has 0 fully saturated rings. The molecule has 1 aromatic carbocycles. The third-order valence-electron chi connectivity index (χ3n) is 2.21. The molecule has 0 amide bonds. The fraction of sp³-hybridized carbons (Fsp3) is 0.500. The highest BCUT2D eigenvalue weighted by Gasteiger charge is 2.22. The first-order chi connectivity index (χ1) is 7.32. The molecule has 0 aliphatic heterocycles. The van der Waals surface area contributed by atoms with Crippen molar-refractivity contribution in [1.82, 2.24) is 4.72 Å². The highest BCUT2D eigenvalue weighted by molar-refractivity contribution is 7.84. The lowest BCUT2D eigenvalue weighted by Gasteiger charge is -2.22. The van der Waals surface area contributed by atoms with E-state index in [1.165, 1.54) is 6.07 Å². The second-order valence-electron chi connectivity index (χ2n) is 4.74. The summed E-state index contributed by atoms with van der Waals surface area (Å²) in [6.07, 6.45) is 0. The standard InChI is InChI=1S/C12H18FNOS/c1-9(14-16(15)12(2,3)4)10-7-5-6-8-11(10)13/h5-9,14H,1-4H3/t9-,16?/m1/s1. The first-order valence-corrected chi connectivity index (χ1v) is 6.40. The lowest BCUT2D eigenvalue weighted by molar-refractivity contribution is 0.572. The second-order valence-corrected chi connectivity index (χ2v) is 6.74. The van der Waals surface area contributed by atoms with Gasteiger partial charge in [0.15, 0.2) is 0 Å². The molecule has 0 saturated heterocycles. The second kappa shape index (κ2) is 5.06. The van der Waals surface area contributed by atoms with Crippen molar-refractivity contribution in [3.8, 4) is 0 Å². The molecule has 0 aliphatic carbocycles. The number of nitrogens with one attached hydrogen (secondary N) is 1. The van der Waals surface area contributed by atoms with Crippen molar-refractivity contribution in [3.05, 3.63) is 35.6 Å². The number of halogens is 1. The SMILES string of the molecule is C[C@@H](NS(=O)C(C)(C)C)c1ccccc1F. The van der Waals surface area contributed by atoms with Gasteiger partial charge < -0.3 is 0 Å². The zero-order valence-electron chi connectivity index (χ0n) is 10.1. The van der Waals surface area contributed by atoms with Gasteiger partial charge in [-0.2, -0.15) is 0 Å². The minimum Gasteiger partial charge on any atom is -0.242 e. The van der Waals surface area contributed by atoms with E-state index in [1.54, 1.807) is 18.2 Å². The van der Waals surface area contributed by atoms with E-state index in [0.29, 0.717) is 5.56 Å². The molecule has 0 aromatic heterocycles. The van der Waals surface area contributed by atoms with Gasteiger partial charge in [-0.25, -0.2) is 13.3 Å². The highest BCUT2D eigenvalue weighted by atomic mass is 32.2. The van der Waals surface area contributed by atoms with Gasteiger partial charge in [0, 0.05) is 11.6 Å². The molecule has 2 atom stereocenters. The number of rotatable bonds is 3. The van der Waals surface area contributed by atoms with Crippen LogP contribution in [0.1, 0.15) is 39.3 Å². The summed E-state index contributed by atoms with van der Waals surface area (Å²) >= 11 is 0. The van der Waals surface area contributed by atoms with Crippen LogP contribution >= 0.6 is 0 Å². The molecule has 16 heavy (non-hydrogen) atoms. The van der Waals surface area contributed by atoms with Crippen LogP contribution in [0.25, 0.3) is 0 Å². The van der Waals surface area contributed by atoms with Crippen LogP contribution in [0.3, 0.4) is 0 Å². The Bertz CT molecular complexity index is 387. The third kappa shape index (κ3) is 3.39. The van der Waals surface area contributed by atoms with Crippen molar-refractivity contribution in [2.45, 2.75) is 38.5 Å². The Kier molecular flexibility index (Phi) is 4.21. The fourth-order valence-electron chi connectivity index (χ4n) is 1.23. The molecule has 1 aromatic rings. The molecular weight excluding hydrogens is 225 g/mol. The predicted molar refractivity (Wildman–Crippen MR) is 65.8 cm³/mol. The van der Waals surface area contributed by atoms with Crippen molar-refractivity contribution in [1.29, 1.82) is 0 Å². The van der Waals surface area contributed by atoms with Gasteiger partial charge in [-0.05, 0) is 33.8 Å². The van der Waals surface area contributed by atoms with Crippen LogP contribution in [-0.2, 0) is 11.0 Å². The molecule has 1 N–H and O–H groups in total. The molecule has 1 unspecified atom stereocenters. The summed E-state index contributed by atoms with van der Waals surface area (Å²) < 4.78 is 27.8. The van der Waals surface area contributed by atoms with Crippen LogP contribution in [0.2, 0.25) is 0 Å². The van der Waals surface area contributed by atoms with Gasteiger partial charge in [0.1, 0.15) is 5.82 Å². The molecule has 0 aliphatic rings. The van der Waals surface area contributed by atoms with Gasteiger partial charge in [0.25, 0.3) is 0 Å². The van der Waals surface area contributed by atoms with Gasteiger partial charge in [0.2, 0.25) is 0 Å². The van der Waals surface area contributed by atoms with Crippen LogP contribution in [0.15, 0.2) is 24.3 Å². The average molecular weight is 243 g/mol. The maximum absolute atomic E-state index is 13.4. The lowest BCUT2D eigenvalue weighted by atomic mass is 10.1. The fourth-order valence-corrected chi connectivity index (χ4v) is 2.03. The predicted octanol–water partition coefficient (Wildman–Crippen LogP) is 2.94.